The molecule has 1 saturated heterocycles. The molecule has 0 spiro atoms. The minimum atomic E-state index is -0.764. The van der Waals surface area contributed by atoms with Crippen LogP contribution in [0, 0.1) is 5.92 Å². The van der Waals surface area contributed by atoms with Crippen LogP contribution in [0.2, 0.25) is 5.15 Å². The van der Waals surface area contributed by atoms with E-state index in [4.69, 9.17) is 23.1 Å². The first kappa shape index (κ1) is 22.8. The number of carbonyl (C=O) groups is 4. The van der Waals surface area contributed by atoms with Gasteiger partial charge in [0.15, 0.2) is 5.69 Å². The molecule has 35 heavy (non-hydrogen) atoms. The zero-order chi connectivity index (χ0) is 24.9. The molecule has 0 unspecified atom stereocenters. The number of hydrogen-bond donors (Lipinski definition) is 3. The number of hydrogen-bond acceptors (Lipinski definition) is 6. The van der Waals surface area contributed by atoms with Crippen LogP contribution in [0.15, 0.2) is 36.4 Å². The Morgan fingerprint density at radius 2 is 1.89 bits per heavy atom. The number of pyridine rings is 1. The molecule has 0 radical (unpaired) electrons. The third-order valence-electron chi connectivity index (χ3n) is 6.66. The number of piperidine rings is 1. The van der Waals surface area contributed by atoms with Gasteiger partial charge >= 0.3 is 0 Å². The van der Waals surface area contributed by atoms with Gasteiger partial charge in [-0.05, 0) is 55.5 Å². The number of nitrogens with two attached hydrogens (primary N) is 2. The minimum absolute atomic E-state index is 0.0203. The largest absolute Gasteiger partial charge is 0.366 e. The number of aromatic nitrogens is 3. The van der Waals surface area contributed by atoms with Crippen molar-refractivity contribution in [2.75, 3.05) is 5.32 Å². The fourth-order valence-electron chi connectivity index (χ4n) is 5.20. The van der Waals surface area contributed by atoms with E-state index in [1.54, 1.807) is 23.1 Å². The molecular weight excluding hydrogens is 474 g/mol. The normalized spacial score (nSPS) is 20.8. The van der Waals surface area contributed by atoms with Crippen LogP contribution in [-0.4, -0.2) is 55.4 Å². The molecule has 1 saturated carbocycles. The topological polar surface area (TPSA) is 166 Å². The van der Waals surface area contributed by atoms with Crippen molar-refractivity contribution in [1.82, 2.24) is 19.7 Å². The number of nitrogens with one attached hydrogen (secondary N) is 1. The number of primary amides is 2. The van der Waals surface area contributed by atoms with Crippen molar-refractivity contribution in [3.8, 4) is 0 Å². The molecule has 3 atom stereocenters. The van der Waals surface area contributed by atoms with E-state index in [1.165, 1.54) is 22.9 Å². The fraction of sp³-hybridized carbons (Fsp3) is 0.304. The number of amides is 4. The molecule has 1 aromatic carbocycles. The Labute approximate surface area is 204 Å². The van der Waals surface area contributed by atoms with Gasteiger partial charge in [0, 0.05) is 17.0 Å². The Morgan fingerprint density at radius 1 is 1.09 bits per heavy atom. The van der Waals surface area contributed by atoms with Crippen molar-refractivity contribution < 1.29 is 19.2 Å². The maximum Gasteiger partial charge on any atom is 0.269 e. The second-order valence-electron chi connectivity index (χ2n) is 8.77. The van der Waals surface area contributed by atoms with Gasteiger partial charge in [-0.15, -0.1) is 0 Å². The molecule has 2 bridgehead atoms. The number of anilines is 1. The molecule has 5 rings (SSSR count). The summed E-state index contributed by atoms with van der Waals surface area (Å²) in [5.74, 6) is -1.75. The highest BCUT2D eigenvalue weighted by atomic mass is 35.5. The zero-order valence-electron chi connectivity index (χ0n) is 18.5. The summed E-state index contributed by atoms with van der Waals surface area (Å²) < 4.78 is 1.32. The summed E-state index contributed by atoms with van der Waals surface area (Å²) in [6.45, 7) is -0.242. The molecule has 5 N–H and O–H groups in total. The lowest BCUT2D eigenvalue weighted by molar-refractivity contribution is -0.141. The van der Waals surface area contributed by atoms with Crippen LogP contribution in [0.5, 0.6) is 0 Å². The second-order valence-corrected chi connectivity index (χ2v) is 9.16. The average Bonchev–Trinajstić information content (AvgIpc) is 3.52. The van der Waals surface area contributed by atoms with Crippen LogP contribution in [0.25, 0.3) is 10.9 Å². The van der Waals surface area contributed by atoms with Crippen molar-refractivity contribution in [1.29, 1.82) is 0 Å². The Bertz CT molecular complexity index is 1390. The van der Waals surface area contributed by atoms with E-state index in [-0.39, 0.29) is 46.7 Å². The quantitative estimate of drug-likeness (QED) is 0.436. The monoisotopic (exact) mass is 495 g/mol. The van der Waals surface area contributed by atoms with Crippen molar-refractivity contribution in [2.45, 2.75) is 37.9 Å². The third-order valence-corrected chi connectivity index (χ3v) is 6.87. The van der Waals surface area contributed by atoms with E-state index in [0.717, 1.165) is 19.3 Å². The highest BCUT2D eigenvalue weighted by Crippen LogP contribution is 2.43. The van der Waals surface area contributed by atoms with Crippen LogP contribution >= 0.6 is 11.6 Å². The van der Waals surface area contributed by atoms with Gasteiger partial charge in [0.05, 0.1) is 5.52 Å². The molecule has 1 aliphatic heterocycles. The molecule has 4 amide bonds. The minimum Gasteiger partial charge on any atom is -0.366 e. The van der Waals surface area contributed by atoms with Crippen LogP contribution < -0.4 is 16.8 Å². The van der Waals surface area contributed by atoms with Crippen LogP contribution in [-0.2, 0) is 16.1 Å². The molecule has 3 heterocycles. The maximum absolute atomic E-state index is 13.5. The lowest BCUT2D eigenvalue weighted by Gasteiger charge is -2.34. The summed E-state index contributed by atoms with van der Waals surface area (Å²) >= 11 is 5.92. The maximum atomic E-state index is 13.5. The molecule has 3 aromatic rings. The standard InChI is InChI=1S/C23H22ClN7O4/c24-16-2-1-3-17(27-16)28-23(35)20-11-4-6-13(8-11)31(20)18(32)10-30-15-9-12(21(25)33)5-7-14(15)19(29-30)22(26)34/h1-3,5,7,9,11,13,20H,4,6,8,10H2,(H2,25,33)(H2,26,34)(H,27,28,35)/t11-,13+,20-/m0/s1. The number of halogens is 1. The molecule has 2 aromatic heterocycles. The number of benzene rings is 1. The summed E-state index contributed by atoms with van der Waals surface area (Å²) in [5.41, 5.74) is 11.4. The van der Waals surface area contributed by atoms with Crippen molar-refractivity contribution in [2.24, 2.45) is 17.4 Å². The Hall–Kier alpha value is -3.99. The van der Waals surface area contributed by atoms with Crippen molar-refractivity contribution in [3.05, 3.63) is 52.8 Å². The SMILES string of the molecule is NC(=O)c1ccc2c(C(N)=O)nn(CC(=O)N3[C@@H]4CC[C@@H](C4)[C@H]3C(=O)Nc3cccc(Cl)n3)c2c1. The Balaban J connectivity index is 1.44. The van der Waals surface area contributed by atoms with E-state index < -0.39 is 17.9 Å². The summed E-state index contributed by atoms with van der Waals surface area (Å²) in [4.78, 5) is 56.0. The lowest BCUT2D eigenvalue weighted by atomic mass is 9.97. The van der Waals surface area contributed by atoms with E-state index >= 15 is 0 Å². The molecule has 1 aliphatic carbocycles. The number of carbonyl (C=O) groups excluding carboxylic acids is 4. The molecular formula is C23H22ClN7O4. The van der Waals surface area contributed by atoms with E-state index in [0.29, 0.717) is 16.7 Å². The van der Waals surface area contributed by atoms with Gasteiger partial charge in [-0.3, -0.25) is 23.9 Å². The number of rotatable bonds is 6. The first-order chi connectivity index (χ1) is 16.7. The van der Waals surface area contributed by atoms with Gasteiger partial charge in [-0.2, -0.15) is 5.10 Å². The summed E-state index contributed by atoms with van der Waals surface area (Å²) in [6.07, 6.45) is 2.37. The van der Waals surface area contributed by atoms with Crippen molar-refractivity contribution >= 4 is 52.0 Å². The van der Waals surface area contributed by atoms with Crippen LogP contribution in [0.3, 0.4) is 0 Å². The van der Waals surface area contributed by atoms with Crippen LogP contribution in [0.4, 0.5) is 5.82 Å². The Morgan fingerprint density at radius 3 is 2.60 bits per heavy atom. The fourth-order valence-corrected chi connectivity index (χ4v) is 5.37. The molecule has 12 heteroatoms. The molecule has 2 fully saturated rings. The highest BCUT2D eigenvalue weighted by molar-refractivity contribution is 6.29. The smallest absolute Gasteiger partial charge is 0.269 e. The number of likely N-dealkylation sites (tertiary alicyclic amines) is 1. The van der Waals surface area contributed by atoms with Crippen LogP contribution in [0.1, 0.15) is 40.1 Å². The average molecular weight is 496 g/mol. The van der Waals surface area contributed by atoms with Gasteiger partial charge < -0.3 is 21.7 Å². The van der Waals surface area contributed by atoms with Gasteiger partial charge in [-0.25, -0.2) is 4.98 Å². The van der Waals surface area contributed by atoms with E-state index in [1.807, 2.05) is 0 Å². The zero-order valence-corrected chi connectivity index (χ0v) is 19.2. The number of nitrogens with zero attached hydrogens (tertiary/aromatic N) is 4. The predicted molar refractivity (Wildman–Crippen MR) is 126 cm³/mol. The van der Waals surface area contributed by atoms with Gasteiger partial charge in [0.2, 0.25) is 17.7 Å². The second kappa shape index (κ2) is 8.66. The molecule has 2 aliphatic rings. The van der Waals surface area contributed by atoms with E-state index in [2.05, 4.69) is 15.4 Å². The molecule has 180 valence electrons. The van der Waals surface area contributed by atoms with E-state index in [9.17, 15) is 19.2 Å². The summed E-state index contributed by atoms with van der Waals surface area (Å²) in [6, 6.07) is 8.62. The first-order valence-corrected chi connectivity index (χ1v) is 11.5. The van der Waals surface area contributed by atoms with Gasteiger partial charge in [-0.1, -0.05) is 17.7 Å². The van der Waals surface area contributed by atoms with Gasteiger partial charge in [0.25, 0.3) is 5.91 Å². The summed E-state index contributed by atoms with van der Waals surface area (Å²) in [5, 5.41) is 7.64. The van der Waals surface area contributed by atoms with Gasteiger partial charge in [0.1, 0.15) is 23.6 Å². The lowest BCUT2D eigenvalue weighted by Crippen LogP contribution is -2.52. The number of fused-ring (bicyclic) bond motifs is 3. The third kappa shape index (κ3) is 4.08. The highest BCUT2D eigenvalue weighted by Gasteiger charge is 2.51. The molecule has 11 nitrogen and oxygen atoms in total. The predicted octanol–water partition coefficient (Wildman–Crippen LogP) is 1.30. The Kier molecular flexibility index (Phi) is 5.64. The van der Waals surface area contributed by atoms with Crippen molar-refractivity contribution in [3.63, 3.8) is 0 Å². The summed E-state index contributed by atoms with van der Waals surface area (Å²) in [7, 11) is 0. The first-order valence-electron chi connectivity index (χ1n) is 11.1.